The first kappa shape index (κ1) is 17.2. The third kappa shape index (κ3) is 5.58. The molecule has 1 aromatic rings. The third-order valence-corrected chi connectivity index (χ3v) is 3.28. The predicted octanol–water partition coefficient (Wildman–Crippen LogP) is 2.52. The average Bonchev–Trinajstić information content (AvgIpc) is 2.49. The molecule has 0 heterocycles. The lowest BCUT2D eigenvalue weighted by atomic mass is 10.1. The van der Waals surface area contributed by atoms with E-state index >= 15 is 0 Å². The van der Waals surface area contributed by atoms with E-state index in [1.165, 1.54) is 6.08 Å². The van der Waals surface area contributed by atoms with Crippen LogP contribution in [-0.4, -0.2) is 33.3 Å². The van der Waals surface area contributed by atoms with Crippen LogP contribution in [0.4, 0.5) is 0 Å². The minimum Gasteiger partial charge on any atom is -0.496 e. The summed E-state index contributed by atoms with van der Waals surface area (Å²) in [5.74, 6) is 0.301. The molecule has 6 heteroatoms. The zero-order valence-corrected chi connectivity index (χ0v) is 13.6. The fraction of sp³-hybridized carbons (Fsp3) is 0.333. The quantitative estimate of drug-likeness (QED) is 0.465. The highest BCUT2D eigenvalue weighted by atomic mass is 79.9. The topological polar surface area (TPSA) is 71.3 Å². The van der Waals surface area contributed by atoms with Crippen LogP contribution in [-0.2, 0) is 9.53 Å². The molecule has 1 amide bonds. The molecule has 1 N–H and O–H groups in total. The molecule has 0 saturated carbocycles. The first-order valence-electron chi connectivity index (χ1n) is 6.34. The lowest BCUT2D eigenvalue weighted by molar-refractivity contribution is -0.117. The smallest absolute Gasteiger partial charge is 0.261 e. The molecule has 0 aliphatic heterocycles. The zero-order valence-electron chi connectivity index (χ0n) is 12.0. The van der Waals surface area contributed by atoms with Gasteiger partial charge in [0.15, 0.2) is 0 Å². The van der Waals surface area contributed by atoms with Crippen LogP contribution in [0, 0.1) is 11.3 Å². The van der Waals surface area contributed by atoms with Gasteiger partial charge < -0.3 is 14.8 Å². The average molecular weight is 353 g/mol. The van der Waals surface area contributed by atoms with Crippen molar-refractivity contribution in [2.24, 2.45) is 0 Å². The van der Waals surface area contributed by atoms with E-state index < -0.39 is 0 Å². The molecule has 0 spiro atoms. The summed E-state index contributed by atoms with van der Waals surface area (Å²) in [5, 5.41) is 11.8. The molecule has 0 fully saturated rings. The molecular weight excluding hydrogens is 336 g/mol. The third-order valence-electron chi connectivity index (χ3n) is 2.66. The van der Waals surface area contributed by atoms with Crippen LogP contribution < -0.4 is 10.1 Å². The second-order valence-corrected chi connectivity index (χ2v) is 5.02. The summed E-state index contributed by atoms with van der Waals surface area (Å²) in [6.07, 6.45) is 2.24. The highest BCUT2D eigenvalue weighted by Crippen LogP contribution is 2.26. The first-order valence-corrected chi connectivity index (χ1v) is 7.14. The van der Waals surface area contributed by atoms with Crippen LogP contribution >= 0.6 is 15.9 Å². The molecule has 1 aromatic carbocycles. The SMILES string of the molecule is COCCCNC(=O)C(C#N)=Cc1ccc(OC)c(Br)c1. The molecule has 21 heavy (non-hydrogen) atoms. The Labute approximate surface area is 132 Å². The number of rotatable bonds is 7. The Bertz CT molecular complexity index is 565. The van der Waals surface area contributed by atoms with E-state index in [1.807, 2.05) is 6.07 Å². The lowest BCUT2D eigenvalue weighted by Crippen LogP contribution is -2.26. The van der Waals surface area contributed by atoms with E-state index in [0.29, 0.717) is 25.3 Å². The number of methoxy groups -OCH3 is 2. The lowest BCUT2D eigenvalue weighted by Gasteiger charge is -2.05. The number of halogens is 1. The van der Waals surface area contributed by atoms with Crippen molar-refractivity contribution in [3.05, 3.63) is 33.8 Å². The molecule has 0 aliphatic carbocycles. The molecule has 0 aromatic heterocycles. The molecule has 0 aliphatic rings. The summed E-state index contributed by atoms with van der Waals surface area (Å²) in [4.78, 5) is 11.9. The van der Waals surface area contributed by atoms with Gasteiger partial charge in [-0.15, -0.1) is 0 Å². The number of hydrogen-bond acceptors (Lipinski definition) is 4. The van der Waals surface area contributed by atoms with Crippen LogP contribution in [0.3, 0.4) is 0 Å². The van der Waals surface area contributed by atoms with Crippen molar-refractivity contribution < 1.29 is 14.3 Å². The van der Waals surface area contributed by atoms with E-state index in [4.69, 9.17) is 14.7 Å². The predicted molar refractivity (Wildman–Crippen MR) is 83.8 cm³/mol. The molecule has 112 valence electrons. The Morgan fingerprint density at radius 1 is 1.48 bits per heavy atom. The van der Waals surface area contributed by atoms with Crippen molar-refractivity contribution in [2.75, 3.05) is 27.4 Å². The molecule has 0 atom stereocenters. The fourth-order valence-corrected chi connectivity index (χ4v) is 2.16. The number of ether oxygens (including phenoxy) is 2. The number of benzene rings is 1. The minimum absolute atomic E-state index is 0.0597. The molecule has 0 saturated heterocycles. The monoisotopic (exact) mass is 352 g/mol. The van der Waals surface area contributed by atoms with E-state index in [2.05, 4.69) is 21.2 Å². The highest BCUT2D eigenvalue weighted by Gasteiger charge is 2.09. The Hall–Kier alpha value is -1.84. The molecule has 0 bridgehead atoms. The van der Waals surface area contributed by atoms with Gasteiger partial charge in [0.05, 0.1) is 11.6 Å². The number of nitrogens with zero attached hydrogens (tertiary/aromatic N) is 1. The Balaban J connectivity index is 2.77. The standard InChI is InChI=1S/C15H17BrN2O3/c1-20-7-3-6-18-15(19)12(10-17)8-11-4-5-14(21-2)13(16)9-11/h4-5,8-9H,3,6-7H2,1-2H3,(H,18,19). The van der Waals surface area contributed by atoms with Gasteiger partial charge in [0.25, 0.3) is 5.91 Å². The Morgan fingerprint density at radius 2 is 2.24 bits per heavy atom. The summed E-state index contributed by atoms with van der Waals surface area (Å²) in [6.45, 7) is 1.04. The molecule has 1 rings (SSSR count). The Morgan fingerprint density at radius 3 is 2.81 bits per heavy atom. The minimum atomic E-state index is -0.388. The van der Waals surface area contributed by atoms with E-state index in [9.17, 15) is 4.79 Å². The van der Waals surface area contributed by atoms with E-state index in [0.717, 1.165) is 10.0 Å². The molecule has 0 unspecified atom stereocenters. The number of nitriles is 1. The largest absolute Gasteiger partial charge is 0.496 e. The maximum atomic E-state index is 11.9. The van der Waals surface area contributed by atoms with Crippen molar-refractivity contribution >= 4 is 27.9 Å². The van der Waals surface area contributed by atoms with Crippen molar-refractivity contribution in [1.29, 1.82) is 5.26 Å². The van der Waals surface area contributed by atoms with Crippen LogP contribution in [0.1, 0.15) is 12.0 Å². The number of carbonyl (C=O) groups is 1. The van der Waals surface area contributed by atoms with Gasteiger partial charge in [0.2, 0.25) is 0 Å². The highest BCUT2D eigenvalue weighted by molar-refractivity contribution is 9.10. The molecule has 0 radical (unpaired) electrons. The molecule has 5 nitrogen and oxygen atoms in total. The van der Waals surface area contributed by atoms with Gasteiger partial charge >= 0.3 is 0 Å². The maximum absolute atomic E-state index is 11.9. The number of carbonyl (C=O) groups excluding carboxylic acids is 1. The van der Waals surface area contributed by atoms with Crippen molar-refractivity contribution in [2.45, 2.75) is 6.42 Å². The second kappa shape index (κ2) is 9.16. The van der Waals surface area contributed by atoms with Gasteiger partial charge in [0.1, 0.15) is 17.4 Å². The van der Waals surface area contributed by atoms with Gasteiger partial charge in [-0.2, -0.15) is 5.26 Å². The summed E-state index contributed by atoms with van der Waals surface area (Å²) in [6, 6.07) is 7.24. The maximum Gasteiger partial charge on any atom is 0.261 e. The van der Waals surface area contributed by atoms with Gasteiger partial charge in [0, 0.05) is 20.3 Å². The number of amides is 1. The normalized spacial score (nSPS) is 10.9. The fourth-order valence-electron chi connectivity index (χ4n) is 1.60. The van der Waals surface area contributed by atoms with Gasteiger partial charge in [-0.25, -0.2) is 0 Å². The van der Waals surface area contributed by atoms with Crippen LogP contribution in [0.25, 0.3) is 6.08 Å². The Kier molecular flexibility index (Phi) is 7.51. The second-order valence-electron chi connectivity index (χ2n) is 4.17. The molecular formula is C15H17BrN2O3. The number of nitrogens with one attached hydrogen (secondary N) is 1. The van der Waals surface area contributed by atoms with Gasteiger partial charge in [-0.1, -0.05) is 6.07 Å². The van der Waals surface area contributed by atoms with Crippen LogP contribution in [0.5, 0.6) is 5.75 Å². The number of hydrogen-bond donors (Lipinski definition) is 1. The van der Waals surface area contributed by atoms with Crippen LogP contribution in [0.15, 0.2) is 28.2 Å². The van der Waals surface area contributed by atoms with E-state index in [-0.39, 0.29) is 11.5 Å². The van der Waals surface area contributed by atoms with Crippen molar-refractivity contribution in [1.82, 2.24) is 5.32 Å². The van der Waals surface area contributed by atoms with Gasteiger partial charge in [-0.3, -0.25) is 4.79 Å². The van der Waals surface area contributed by atoms with Crippen molar-refractivity contribution in [3.8, 4) is 11.8 Å². The summed E-state index contributed by atoms with van der Waals surface area (Å²) in [5.41, 5.74) is 0.802. The summed E-state index contributed by atoms with van der Waals surface area (Å²) in [7, 11) is 3.17. The summed E-state index contributed by atoms with van der Waals surface area (Å²) >= 11 is 3.36. The summed E-state index contributed by atoms with van der Waals surface area (Å²) < 4.78 is 10.8. The van der Waals surface area contributed by atoms with E-state index in [1.54, 1.807) is 32.4 Å². The van der Waals surface area contributed by atoms with Crippen LogP contribution in [0.2, 0.25) is 0 Å². The zero-order chi connectivity index (χ0) is 15.7. The first-order chi connectivity index (χ1) is 10.1. The van der Waals surface area contributed by atoms with Crippen molar-refractivity contribution in [3.63, 3.8) is 0 Å². The van der Waals surface area contributed by atoms with Gasteiger partial charge in [-0.05, 0) is 46.1 Å².